The lowest BCUT2D eigenvalue weighted by Gasteiger charge is -2.28. The fraction of sp³-hybridized carbons (Fsp3) is 0.500. The highest BCUT2D eigenvalue weighted by atomic mass is 19.4. The monoisotopic (exact) mass is 462 g/mol. The zero-order valence-electron chi connectivity index (χ0n) is 16.7. The van der Waals surface area contributed by atoms with Crippen molar-refractivity contribution in [1.82, 2.24) is 14.7 Å². The number of rotatable bonds is 2. The van der Waals surface area contributed by atoms with Gasteiger partial charge in [-0.3, -0.25) is 4.68 Å². The first-order valence-corrected chi connectivity index (χ1v) is 10.00. The Morgan fingerprint density at radius 1 is 1.31 bits per heavy atom. The van der Waals surface area contributed by atoms with Crippen LogP contribution in [0, 0.1) is 11.7 Å². The van der Waals surface area contributed by atoms with Gasteiger partial charge in [-0.2, -0.15) is 27.1 Å². The molecule has 4 rings (SSSR count). The largest absolute Gasteiger partial charge is 0.419 e. The molecule has 1 aromatic carbocycles. The zero-order valence-corrected chi connectivity index (χ0v) is 16.7. The van der Waals surface area contributed by atoms with Gasteiger partial charge in [0.1, 0.15) is 11.5 Å². The third-order valence-corrected chi connectivity index (χ3v) is 5.81. The second kappa shape index (κ2) is 7.98. The van der Waals surface area contributed by atoms with E-state index in [0.717, 1.165) is 6.07 Å². The summed E-state index contributed by atoms with van der Waals surface area (Å²) in [5.41, 5.74) is -1.42. The van der Waals surface area contributed by atoms with E-state index >= 15 is 0 Å². The Balaban J connectivity index is 1.57. The van der Waals surface area contributed by atoms with E-state index in [2.05, 4.69) is 10.4 Å². The van der Waals surface area contributed by atoms with Gasteiger partial charge >= 0.3 is 12.2 Å². The second-order valence-corrected chi connectivity index (χ2v) is 8.04. The Morgan fingerprint density at radius 2 is 2.06 bits per heavy atom. The fourth-order valence-electron chi connectivity index (χ4n) is 4.15. The molecule has 1 atom stereocenters. The highest BCUT2D eigenvalue weighted by Gasteiger charge is 2.43. The molecule has 3 heterocycles. The predicted octanol–water partition coefficient (Wildman–Crippen LogP) is 4.13. The molecule has 0 aliphatic carbocycles. The molecule has 0 bridgehead atoms. The molecule has 0 radical (unpaired) electrons. The van der Waals surface area contributed by atoms with E-state index in [4.69, 9.17) is 0 Å². The lowest BCUT2D eigenvalue weighted by Crippen LogP contribution is -2.39. The average molecular weight is 462 g/mol. The Morgan fingerprint density at radius 3 is 2.75 bits per heavy atom. The standard InChI is InChI=1S/C20H20F6N4O2/c21-15-2-1-12(7-14(15)20(24,25)26)27-18(32)29-6-4-16-13(9-29)17-19(22,23)5-3-11(10-31)8-30(17)28-16/h1-2,7,11,31H,3-6,8-10H2,(H,27,32)/t11-/m1/s1. The van der Waals surface area contributed by atoms with E-state index in [-0.39, 0.29) is 61.9 Å². The predicted molar refractivity (Wildman–Crippen MR) is 100 cm³/mol. The minimum atomic E-state index is -4.93. The molecule has 6 nitrogen and oxygen atoms in total. The summed E-state index contributed by atoms with van der Waals surface area (Å²) in [5, 5.41) is 16.0. The molecule has 174 valence electrons. The summed E-state index contributed by atoms with van der Waals surface area (Å²) in [5.74, 6) is -5.02. The number of benzene rings is 1. The summed E-state index contributed by atoms with van der Waals surface area (Å²) in [6.07, 6.45) is -5.07. The molecule has 0 unspecified atom stereocenters. The maximum atomic E-state index is 14.9. The van der Waals surface area contributed by atoms with Crippen molar-refractivity contribution in [3.63, 3.8) is 0 Å². The van der Waals surface area contributed by atoms with Crippen LogP contribution in [0.4, 0.5) is 36.8 Å². The molecule has 2 aliphatic heterocycles. The van der Waals surface area contributed by atoms with Crippen LogP contribution in [-0.4, -0.2) is 39.0 Å². The van der Waals surface area contributed by atoms with Crippen LogP contribution in [0.1, 0.15) is 35.4 Å². The van der Waals surface area contributed by atoms with Gasteiger partial charge in [-0.25, -0.2) is 9.18 Å². The van der Waals surface area contributed by atoms with E-state index < -0.39 is 35.9 Å². The average Bonchev–Trinajstić information content (AvgIpc) is 3.03. The maximum absolute atomic E-state index is 14.9. The minimum absolute atomic E-state index is 0.123. The van der Waals surface area contributed by atoms with E-state index in [0.29, 0.717) is 17.8 Å². The van der Waals surface area contributed by atoms with Gasteiger partial charge in [0.2, 0.25) is 0 Å². The van der Waals surface area contributed by atoms with E-state index in [1.165, 1.54) is 9.58 Å². The highest BCUT2D eigenvalue weighted by molar-refractivity contribution is 5.89. The highest BCUT2D eigenvalue weighted by Crippen LogP contribution is 2.41. The van der Waals surface area contributed by atoms with Gasteiger partial charge in [-0.15, -0.1) is 0 Å². The minimum Gasteiger partial charge on any atom is -0.396 e. The molecule has 0 saturated heterocycles. The number of aliphatic hydroxyl groups is 1. The SMILES string of the molecule is O=C(Nc1ccc(F)c(C(F)(F)F)c1)N1CCc2nn3c(c2C1)C(F)(F)CC[C@@H](CO)C3. The van der Waals surface area contributed by atoms with Crippen LogP contribution in [0.15, 0.2) is 18.2 Å². The normalized spacial score (nSPS) is 20.3. The Kier molecular flexibility index (Phi) is 5.60. The molecule has 2 N–H and O–H groups in total. The summed E-state index contributed by atoms with van der Waals surface area (Å²) >= 11 is 0. The molecule has 12 heteroatoms. The van der Waals surface area contributed by atoms with Crippen molar-refractivity contribution >= 4 is 11.7 Å². The van der Waals surface area contributed by atoms with Gasteiger partial charge in [0, 0.05) is 49.7 Å². The first kappa shape index (κ1) is 22.4. The Labute approximate surface area is 178 Å². The number of aliphatic hydroxyl groups excluding tert-OH is 1. The molecule has 2 aromatic rings. The number of aromatic nitrogens is 2. The number of carbonyl (C=O) groups is 1. The van der Waals surface area contributed by atoms with Gasteiger partial charge in [0.05, 0.1) is 17.8 Å². The van der Waals surface area contributed by atoms with E-state index in [1.807, 2.05) is 0 Å². The van der Waals surface area contributed by atoms with E-state index in [9.17, 15) is 36.2 Å². The number of fused-ring (bicyclic) bond motifs is 3. The van der Waals surface area contributed by atoms with E-state index in [1.54, 1.807) is 0 Å². The quantitative estimate of drug-likeness (QED) is 0.660. The lowest BCUT2D eigenvalue weighted by atomic mass is 9.98. The third-order valence-electron chi connectivity index (χ3n) is 5.81. The smallest absolute Gasteiger partial charge is 0.396 e. The van der Waals surface area contributed by atoms with Crippen molar-refractivity contribution in [1.29, 1.82) is 0 Å². The summed E-state index contributed by atoms with van der Waals surface area (Å²) < 4.78 is 83.1. The molecule has 32 heavy (non-hydrogen) atoms. The Bertz CT molecular complexity index is 1040. The van der Waals surface area contributed by atoms with Crippen LogP contribution in [0.5, 0.6) is 0 Å². The lowest BCUT2D eigenvalue weighted by molar-refractivity contribution is -0.139. The number of urea groups is 1. The number of carbonyl (C=O) groups excluding carboxylic acids is 1. The molecular formula is C20H20F6N4O2. The summed E-state index contributed by atoms with van der Waals surface area (Å²) in [7, 11) is 0. The summed E-state index contributed by atoms with van der Waals surface area (Å²) in [4.78, 5) is 13.8. The van der Waals surface area contributed by atoms with Gasteiger partial charge in [-0.1, -0.05) is 0 Å². The molecule has 1 aromatic heterocycles. The fourth-order valence-corrected chi connectivity index (χ4v) is 4.15. The van der Waals surface area contributed by atoms with Crippen LogP contribution in [0.2, 0.25) is 0 Å². The van der Waals surface area contributed by atoms with Gasteiger partial charge < -0.3 is 15.3 Å². The number of hydrogen-bond donors (Lipinski definition) is 2. The summed E-state index contributed by atoms with van der Waals surface area (Å²) in [6, 6.07) is 1.29. The number of halogens is 6. The van der Waals surface area contributed by atoms with Crippen molar-refractivity contribution in [2.45, 2.75) is 44.5 Å². The molecule has 2 aliphatic rings. The van der Waals surface area contributed by atoms with Crippen LogP contribution < -0.4 is 5.32 Å². The number of amides is 2. The van der Waals surface area contributed by atoms with Gasteiger partial charge in [0.25, 0.3) is 5.92 Å². The number of anilines is 1. The molecule has 0 fully saturated rings. The Hall–Kier alpha value is -2.76. The van der Waals surface area contributed by atoms with Crippen LogP contribution in [0.3, 0.4) is 0 Å². The van der Waals surface area contributed by atoms with Crippen molar-refractivity contribution in [2.75, 3.05) is 18.5 Å². The number of hydrogen-bond acceptors (Lipinski definition) is 3. The second-order valence-electron chi connectivity index (χ2n) is 8.04. The molecule has 2 amide bonds. The maximum Gasteiger partial charge on any atom is 0.419 e. The third kappa shape index (κ3) is 4.15. The van der Waals surface area contributed by atoms with Gasteiger partial charge in [-0.05, 0) is 24.6 Å². The summed E-state index contributed by atoms with van der Waals surface area (Å²) in [6.45, 7) is -0.177. The number of nitrogens with one attached hydrogen (secondary N) is 1. The van der Waals surface area contributed by atoms with Crippen LogP contribution >= 0.6 is 0 Å². The topological polar surface area (TPSA) is 70.4 Å². The zero-order chi connectivity index (χ0) is 23.3. The van der Waals surface area contributed by atoms with Crippen molar-refractivity contribution in [3.8, 4) is 0 Å². The van der Waals surface area contributed by atoms with Crippen molar-refractivity contribution in [3.05, 3.63) is 46.5 Å². The van der Waals surface area contributed by atoms with Crippen LogP contribution in [-0.2, 0) is 31.6 Å². The molecular weight excluding hydrogens is 442 g/mol. The van der Waals surface area contributed by atoms with Gasteiger partial charge in [0.15, 0.2) is 0 Å². The van der Waals surface area contributed by atoms with Crippen LogP contribution in [0.25, 0.3) is 0 Å². The first-order valence-electron chi connectivity index (χ1n) is 10.00. The molecule has 0 saturated carbocycles. The number of nitrogens with zero attached hydrogens (tertiary/aromatic N) is 3. The number of alkyl halides is 5. The first-order chi connectivity index (χ1) is 15.0. The molecule has 0 spiro atoms. The van der Waals surface area contributed by atoms with Crippen molar-refractivity contribution in [2.24, 2.45) is 5.92 Å². The van der Waals surface area contributed by atoms with Crippen molar-refractivity contribution < 1.29 is 36.2 Å².